The Labute approximate surface area is 118 Å². The molecule has 2 heteroatoms. The Hall–Kier alpha value is -0.860. The van der Waals surface area contributed by atoms with Gasteiger partial charge in [-0.25, -0.2) is 0 Å². The first-order chi connectivity index (χ1) is 9.22. The fourth-order valence-electron chi connectivity index (χ4n) is 2.15. The highest BCUT2D eigenvalue weighted by Gasteiger charge is 2.08. The molecule has 1 aromatic rings. The molecule has 1 atom stereocenters. The van der Waals surface area contributed by atoms with Crippen LogP contribution < -0.4 is 5.32 Å². The molecule has 2 nitrogen and oxygen atoms in total. The van der Waals surface area contributed by atoms with Crippen LogP contribution in [0.4, 0.5) is 0 Å². The van der Waals surface area contributed by atoms with Gasteiger partial charge < -0.3 is 10.1 Å². The second-order valence-electron chi connectivity index (χ2n) is 5.71. The highest BCUT2D eigenvalue weighted by Crippen LogP contribution is 2.08. The molecular weight excluding hydrogens is 234 g/mol. The molecule has 19 heavy (non-hydrogen) atoms. The van der Waals surface area contributed by atoms with Gasteiger partial charge in [0.25, 0.3) is 0 Å². The summed E-state index contributed by atoms with van der Waals surface area (Å²) in [6.45, 7) is 10.5. The number of hydrogen-bond acceptors (Lipinski definition) is 2. The molecule has 0 bridgehead atoms. The normalized spacial score (nSPS) is 12.8. The van der Waals surface area contributed by atoms with E-state index in [9.17, 15) is 0 Å². The number of benzene rings is 1. The zero-order valence-corrected chi connectivity index (χ0v) is 12.7. The molecule has 108 valence electrons. The zero-order valence-electron chi connectivity index (χ0n) is 12.7. The van der Waals surface area contributed by atoms with Gasteiger partial charge in [0.2, 0.25) is 0 Å². The van der Waals surface area contributed by atoms with Crippen molar-refractivity contribution < 1.29 is 4.74 Å². The Balaban J connectivity index is 2.21. The molecule has 1 unspecified atom stereocenters. The van der Waals surface area contributed by atoms with Gasteiger partial charge in [-0.1, -0.05) is 57.5 Å². The Bertz CT molecular complexity index is 310. The predicted molar refractivity (Wildman–Crippen MR) is 82.2 cm³/mol. The third-order valence-corrected chi connectivity index (χ3v) is 3.15. The lowest BCUT2D eigenvalue weighted by Gasteiger charge is -2.18. The molecule has 1 rings (SSSR count). The van der Waals surface area contributed by atoms with Gasteiger partial charge in [-0.15, -0.1) is 0 Å². The van der Waals surface area contributed by atoms with Gasteiger partial charge in [0.1, 0.15) is 0 Å². The standard InChI is InChI=1S/C17H29NO/c1-4-8-17(12-18-11-15(2)3)14-19-13-16-9-6-5-7-10-16/h5-7,9-10,15,17-18H,4,8,11-14H2,1-3H3. The van der Waals surface area contributed by atoms with E-state index in [1.165, 1.54) is 18.4 Å². The molecule has 0 radical (unpaired) electrons. The van der Waals surface area contributed by atoms with Crippen molar-refractivity contribution in [1.82, 2.24) is 5.32 Å². The van der Waals surface area contributed by atoms with Crippen molar-refractivity contribution in [3.8, 4) is 0 Å². The van der Waals surface area contributed by atoms with Crippen LogP contribution in [0, 0.1) is 11.8 Å². The van der Waals surface area contributed by atoms with E-state index >= 15 is 0 Å². The lowest BCUT2D eigenvalue weighted by atomic mass is 10.0. The van der Waals surface area contributed by atoms with Crippen molar-refractivity contribution in [2.75, 3.05) is 19.7 Å². The Morgan fingerprint density at radius 2 is 1.84 bits per heavy atom. The summed E-state index contributed by atoms with van der Waals surface area (Å²) < 4.78 is 5.85. The maximum absolute atomic E-state index is 5.85. The van der Waals surface area contributed by atoms with Gasteiger partial charge in [-0.3, -0.25) is 0 Å². The van der Waals surface area contributed by atoms with Crippen LogP contribution in [0.3, 0.4) is 0 Å². The Morgan fingerprint density at radius 1 is 1.11 bits per heavy atom. The average molecular weight is 263 g/mol. The second-order valence-corrected chi connectivity index (χ2v) is 5.71. The summed E-state index contributed by atoms with van der Waals surface area (Å²) in [6, 6.07) is 10.4. The minimum atomic E-state index is 0.632. The van der Waals surface area contributed by atoms with Crippen LogP contribution in [0.2, 0.25) is 0 Å². The van der Waals surface area contributed by atoms with Crippen molar-refractivity contribution >= 4 is 0 Å². The molecule has 0 saturated heterocycles. The Morgan fingerprint density at radius 3 is 2.47 bits per heavy atom. The molecule has 0 spiro atoms. The van der Waals surface area contributed by atoms with E-state index in [0.29, 0.717) is 11.8 Å². The largest absolute Gasteiger partial charge is 0.376 e. The third kappa shape index (κ3) is 8.02. The summed E-state index contributed by atoms with van der Waals surface area (Å²) >= 11 is 0. The minimum Gasteiger partial charge on any atom is -0.376 e. The zero-order chi connectivity index (χ0) is 13.9. The Kier molecular flexibility index (Phi) is 8.52. The summed E-state index contributed by atoms with van der Waals surface area (Å²) in [5.41, 5.74) is 1.26. The lowest BCUT2D eigenvalue weighted by Crippen LogP contribution is -2.28. The molecule has 0 aliphatic carbocycles. The summed E-state index contributed by atoms with van der Waals surface area (Å²) in [4.78, 5) is 0. The van der Waals surface area contributed by atoms with Crippen molar-refractivity contribution in [1.29, 1.82) is 0 Å². The maximum Gasteiger partial charge on any atom is 0.0717 e. The molecule has 0 aliphatic rings. The van der Waals surface area contributed by atoms with E-state index in [4.69, 9.17) is 4.74 Å². The van der Waals surface area contributed by atoms with Gasteiger partial charge >= 0.3 is 0 Å². The fourth-order valence-corrected chi connectivity index (χ4v) is 2.15. The SMILES string of the molecule is CCCC(CNCC(C)C)COCc1ccccc1. The van der Waals surface area contributed by atoms with E-state index in [2.05, 4.69) is 50.4 Å². The summed E-state index contributed by atoms with van der Waals surface area (Å²) in [7, 11) is 0. The van der Waals surface area contributed by atoms with Gasteiger partial charge in [0.15, 0.2) is 0 Å². The summed E-state index contributed by atoms with van der Waals surface area (Å²) in [5.74, 6) is 1.35. The monoisotopic (exact) mass is 263 g/mol. The van der Waals surface area contributed by atoms with E-state index in [-0.39, 0.29) is 0 Å². The minimum absolute atomic E-state index is 0.632. The van der Waals surface area contributed by atoms with Crippen molar-refractivity contribution in [3.63, 3.8) is 0 Å². The first-order valence-corrected chi connectivity index (χ1v) is 7.54. The van der Waals surface area contributed by atoms with Gasteiger partial charge in [0.05, 0.1) is 13.2 Å². The summed E-state index contributed by atoms with van der Waals surface area (Å²) in [6.07, 6.45) is 2.46. The molecule has 0 saturated carbocycles. The number of rotatable bonds is 10. The smallest absolute Gasteiger partial charge is 0.0717 e. The van der Waals surface area contributed by atoms with Crippen LogP contribution >= 0.6 is 0 Å². The van der Waals surface area contributed by atoms with Crippen molar-refractivity contribution in [3.05, 3.63) is 35.9 Å². The van der Waals surface area contributed by atoms with Crippen molar-refractivity contribution in [2.24, 2.45) is 11.8 Å². The highest BCUT2D eigenvalue weighted by atomic mass is 16.5. The van der Waals surface area contributed by atoms with E-state index in [1.54, 1.807) is 0 Å². The van der Waals surface area contributed by atoms with Gasteiger partial charge in [0, 0.05) is 6.54 Å². The van der Waals surface area contributed by atoms with Crippen LogP contribution in [0.1, 0.15) is 39.2 Å². The first-order valence-electron chi connectivity index (χ1n) is 7.54. The third-order valence-electron chi connectivity index (χ3n) is 3.15. The van der Waals surface area contributed by atoms with Gasteiger partial charge in [-0.2, -0.15) is 0 Å². The highest BCUT2D eigenvalue weighted by molar-refractivity contribution is 5.13. The van der Waals surface area contributed by atoms with Crippen LogP contribution in [0.5, 0.6) is 0 Å². The van der Waals surface area contributed by atoms with E-state index in [1.807, 2.05) is 6.07 Å². The maximum atomic E-state index is 5.85. The molecular formula is C17H29NO. The lowest BCUT2D eigenvalue weighted by molar-refractivity contribution is 0.0832. The van der Waals surface area contributed by atoms with Crippen LogP contribution in [0.15, 0.2) is 30.3 Å². The molecule has 0 amide bonds. The van der Waals surface area contributed by atoms with Crippen LogP contribution in [-0.2, 0) is 11.3 Å². The van der Waals surface area contributed by atoms with Crippen LogP contribution in [0.25, 0.3) is 0 Å². The topological polar surface area (TPSA) is 21.3 Å². The predicted octanol–water partition coefficient (Wildman–Crippen LogP) is 3.87. The fraction of sp³-hybridized carbons (Fsp3) is 0.647. The van der Waals surface area contributed by atoms with E-state index in [0.717, 1.165) is 26.3 Å². The average Bonchev–Trinajstić information content (AvgIpc) is 2.39. The number of nitrogens with one attached hydrogen (secondary N) is 1. The number of hydrogen-bond donors (Lipinski definition) is 1. The first kappa shape index (κ1) is 16.2. The van der Waals surface area contributed by atoms with Gasteiger partial charge in [-0.05, 0) is 30.4 Å². The molecule has 0 aromatic heterocycles. The second kappa shape index (κ2) is 9.99. The van der Waals surface area contributed by atoms with Crippen LogP contribution in [-0.4, -0.2) is 19.7 Å². The summed E-state index contributed by atoms with van der Waals surface area (Å²) in [5, 5.41) is 3.54. The molecule has 0 fully saturated rings. The molecule has 1 N–H and O–H groups in total. The molecule has 0 aliphatic heterocycles. The van der Waals surface area contributed by atoms with E-state index < -0.39 is 0 Å². The number of ether oxygens (including phenoxy) is 1. The molecule has 0 heterocycles. The van der Waals surface area contributed by atoms with Crippen molar-refractivity contribution in [2.45, 2.75) is 40.2 Å². The quantitative estimate of drug-likeness (QED) is 0.692. The molecule has 1 aromatic carbocycles.